The lowest BCUT2D eigenvalue weighted by atomic mass is 9.48. The highest BCUT2D eigenvalue weighted by atomic mass is 127. The lowest BCUT2D eigenvalue weighted by Gasteiger charge is -2.32. The van der Waals surface area contributed by atoms with Crippen LogP contribution in [0.1, 0.15) is 72.1 Å². The van der Waals surface area contributed by atoms with Crippen molar-refractivity contribution in [2.75, 3.05) is 0 Å². The van der Waals surface area contributed by atoms with E-state index >= 15 is 0 Å². The Morgan fingerprint density at radius 1 is 0.812 bits per heavy atom. The predicted octanol–water partition coefficient (Wildman–Crippen LogP) is 4.91. The zero-order chi connectivity index (χ0) is 11.9. The van der Waals surface area contributed by atoms with Crippen molar-refractivity contribution in [2.24, 2.45) is 5.41 Å². The maximum atomic E-state index is 2.79. The molecule has 2 aliphatic heterocycles. The van der Waals surface area contributed by atoms with Gasteiger partial charge >= 0.3 is 0 Å². The largest absolute Gasteiger partial charge is 0.147 e. The third-order valence-corrected chi connectivity index (χ3v) is 6.49. The highest BCUT2D eigenvalue weighted by Gasteiger charge is 2.45. The van der Waals surface area contributed by atoms with Crippen LogP contribution in [0.3, 0.4) is 0 Å². The van der Waals surface area contributed by atoms with Gasteiger partial charge in [0.25, 0.3) is 0 Å². The maximum Gasteiger partial charge on any atom is 0.147 e. The van der Waals surface area contributed by atoms with Crippen LogP contribution in [0.4, 0.5) is 0 Å². The minimum Gasteiger partial charge on any atom is -0.0883 e. The molecule has 0 aromatic carbocycles. The predicted molar refractivity (Wildman–Crippen MR) is 83.0 cm³/mol. The molecular weight excluding hydrogens is 306 g/mol. The SMILES string of the molecule is CC1(C)CCCC2(C)BC(I)(CCC1)CC2. The van der Waals surface area contributed by atoms with E-state index < -0.39 is 0 Å². The van der Waals surface area contributed by atoms with Gasteiger partial charge in [-0.25, -0.2) is 0 Å². The van der Waals surface area contributed by atoms with E-state index in [0.29, 0.717) is 14.1 Å². The second-order valence-electron chi connectivity index (χ2n) is 7.51. The molecule has 2 heterocycles. The molecule has 0 aromatic rings. The van der Waals surface area contributed by atoms with E-state index in [2.05, 4.69) is 43.4 Å². The summed E-state index contributed by atoms with van der Waals surface area (Å²) >= 11 is 2.79. The lowest BCUT2D eigenvalue weighted by Crippen LogP contribution is -2.29. The molecular formula is C14H26BI. The molecule has 2 heteroatoms. The fraction of sp³-hybridized carbons (Fsp3) is 1.00. The average molecular weight is 332 g/mol. The molecule has 0 saturated carbocycles. The van der Waals surface area contributed by atoms with E-state index in [1.807, 2.05) is 0 Å². The molecule has 0 nitrogen and oxygen atoms in total. The van der Waals surface area contributed by atoms with E-state index in [-0.39, 0.29) is 0 Å². The lowest BCUT2D eigenvalue weighted by molar-refractivity contribution is 0.278. The summed E-state index contributed by atoms with van der Waals surface area (Å²) in [6, 6.07) is 0. The van der Waals surface area contributed by atoms with Gasteiger partial charge in [0.15, 0.2) is 0 Å². The standard InChI is InChI=1S/C14H26BI/c1-12(2)6-4-8-13(3)10-11-14(16,15-13)9-5-7-12/h15H,4-11H2,1-3H3. The summed E-state index contributed by atoms with van der Waals surface area (Å²) in [6.07, 6.45) is 11.7. The first kappa shape index (κ1) is 13.2. The Kier molecular flexibility index (Phi) is 3.70. The Hall–Kier alpha value is 0.795. The van der Waals surface area contributed by atoms with Crippen molar-refractivity contribution in [2.45, 2.75) is 80.8 Å². The van der Waals surface area contributed by atoms with Crippen molar-refractivity contribution in [3.63, 3.8) is 0 Å². The van der Waals surface area contributed by atoms with E-state index in [1.165, 1.54) is 58.6 Å². The van der Waals surface area contributed by atoms with Crippen molar-refractivity contribution in [3.05, 3.63) is 0 Å². The van der Waals surface area contributed by atoms with Crippen LogP contribution in [0, 0.1) is 5.41 Å². The third kappa shape index (κ3) is 3.17. The molecule has 92 valence electrons. The topological polar surface area (TPSA) is 0 Å². The van der Waals surface area contributed by atoms with E-state index in [9.17, 15) is 0 Å². The normalized spacial score (nSPS) is 43.8. The zero-order valence-electron chi connectivity index (χ0n) is 11.2. The Bertz CT molecular complexity index is 239. The summed E-state index contributed by atoms with van der Waals surface area (Å²) in [7, 11) is 1.49. The number of alkyl halides is 1. The summed E-state index contributed by atoms with van der Waals surface area (Å²) in [5.74, 6) is 0. The second kappa shape index (κ2) is 4.48. The first-order chi connectivity index (χ1) is 7.33. The Morgan fingerprint density at radius 3 is 2.12 bits per heavy atom. The number of fused-ring (bicyclic) bond motifs is 2. The third-order valence-electron chi connectivity index (χ3n) is 5.03. The minimum absolute atomic E-state index is 0.597. The fourth-order valence-electron chi connectivity index (χ4n) is 3.90. The molecule has 2 bridgehead atoms. The van der Waals surface area contributed by atoms with Crippen LogP contribution < -0.4 is 0 Å². The monoisotopic (exact) mass is 332 g/mol. The second-order valence-corrected chi connectivity index (χ2v) is 9.80. The van der Waals surface area contributed by atoms with Gasteiger partial charge in [-0.2, -0.15) is 0 Å². The molecule has 0 radical (unpaired) electrons. The van der Waals surface area contributed by atoms with E-state index in [0.717, 1.165) is 0 Å². The number of halogens is 1. The molecule has 2 unspecified atom stereocenters. The Morgan fingerprint density at radius 2 is 1.44 bits per heavy atom. The number of hydrogen-bond acceptors (Lipinski definition) is 0. The van der Waals surface area contributed by atoms with Crippen LogP contribution in [0.15, 0.2) is 0 Å². The average Bonchev–Trinajstić information content (AvgIpc) is 2.41. The van der Waals surface area contributed by atoms with Gasteiger partial charge in [-0.1, -0.05) is 74.4 Å². The molecule has 0 aromatic heterocycles. The molecule has 2 saturated heterocycles. The quantitative estimate of drug-likeness (QED) is 0.336. The molecule has 16 heavy (non-hydrogen) atoms. The van der Waals surface area contributed by atoms with Crippen LogP contribution >= 0.6 is 22.6 Å². The van der Waals surface area contributed by atoms with Gasteiger partial charge in [-0.3, -0.25) is 0 Å². The molecule has 2 fully saturated rings. The molecule has 0 amide bonds. The fourth-order valence-corrected chi connectivity index (χ4v) is 5.47. The van der Waals surface area contributed by atoms with E-state index in [1.54, 1.807) is 0 Å². The van der Waals surface area contributed by atoms with Crippen molar-refractivity contribution < 1.29 is 0 Å². The van der Waals surface area contributed by atoms with Crippen LogP contribution in [0.5, 0.6) is 0 Å². The summed E-state index contributed by atoms with van der Waals surface area (Å²) in [4.78, 5) is 0. The zero-order valence-corrected chi connectivity index (χ0v) is 13.4. The molecule has 0 N–H and O–H groups in total. The van der Waals surface area contributed by atoms with Crippen molar-refractivity contribution in [3.8, 4) is 0 Å². The van der Waals surface area contributed by atoms with Crippen LogP contribution in [0.25, 0.3) is 0 Å². The van der Waals surface area contributed by atoms with Crippen LogP contribution in [0.2, 0.25) is 5.31 Å². The summed E-state index contributed by atoms with van der Waals surface area (Å²) in [6.45, 7) is 7.49. The van der Waals surface area contributed by atoms with Gasteiger partial charge in [0.05, 0.1) is 0 Å². The highest BCUT2D eigenvalue weighted by molar-refractivity contribution is 14.1. The molecule has 0 spiro atoms. The smallest absolute Gasteiger partial charge is 0.0883 e. The van der Waals surface area contributed by atoms with Crippen LogP contribution in [-0.4, -0.2) is 10.6 Å². The summed E-state index contributed by atoms with van der Waals surface area (Å²) < 4.78 is 0.653. The molecule has 2 aliphatic rings. The first-order valence-corrected chi connectivity index (χ1v) is 8.10. The minimum atomic E-state index is 0.597. The Balaban J connectivity index is 2.07. The number of hydrogen-bond donors (Lipinski definition) is 0. The Labute approximate surface area is 116 Å². The van der Waals surface area contributed by atoms with Crippen molar-refractivity contribution >= 4 is 29.9 Å². The molecule has 2 rings (SSSR count). The van der Waals surface area contributed by atoms with Gasteiger partial charge in [-0.05, 0) is 34.4 Å². The molecule has 2 atom stereocenters. The van der Waals surface area contributed by atoms with Crippen LogP contribution in [-0.2, 0) is 0 Å². The van der Waals surface area contributed by atoms with Gasteiger partial charge in [0.2, 0.25) is 0 Å². The van der Waals surface area contributed by atoms with Crippen molar-refractivity contribution in [1.82, 2.24) is 0 Å². The van der Waals surface area contributed by atoms with E-state index in [4.69, 9.17) is 0 Å². The highest BCUT2D eigenvalue weighted by Crippen LogP contribution is 2.53. The maximum absolute atomic E-state index is 2.79. The van der Waals surface area contributed by atoms with Gasteiger partial charge < -0.3 is 0 Å². The first-order valence-electron chi connectivity index (χ1n) is 7.02. The molecule has 0 aliphatic carbocycles. The van der Waals surface area contributed by atoms with Gasteiger partial charge in [0.1, 0.15) is 7.28 Å². The summed E-state index contributed by atoms with van der Waals surface area (Å²) in [5.41, 5.74) is 0.597. The van der Waals surface area contributed by atoms with Gasteiger partial charge in [-0.15, -0.1) is 0 Å². The van der Waals surface area contributed by atoms with Crippen molar-refractivity contribution in [1.29, 1.82) is 0 Å². The number of rotatable bonds is 0. The summed E-state index contributed by atoms with van der Waals surface area (Å²) in [5, 5.41) is 0.675. The van der Waals surface area contributed by atoms with Gasteiger partial charge in [0, 0.05) is 0 Å².